The van der Waals surface area contributed by atoms with Crippen molar-refractivity contribution in [1.29, 1.82) is 0 Å². The van der Waals surface area contributed by atoms with Crippen molar-refractivity contribution in [3.05, 3.63) is 86.1 Å². The lowest BCUT2D eigenvalue weighted by atomic mass is 10.1. The average molecular weight is 439 g/mol. The van der Waals surface area contributed by atoms with Gasteiger partial charge in [0.25, 0.3) is 5.56 Å². The molecule has 7 nitrogen and oxygen atoms in total. The van der Waals surface area contributed by atoms with Crippen LogP contribution < -0.4 is 21.9 Å². The summed E-state index contributed by atoms with van der Waals surface area (Å²) in [6.45, 7) is 6.27. The molecule has 0 aliphatic carbocycles. The number of amides is 1. The third-order valence-corrected chi connectivity index (χ3v) is 6.10. The number of thioether (sulfide) groups is 1. The van der Waals surface area contributed by atoms with Crippen molar-refractivity contribution in [3.63, 3.8) is 0 Å². The number of nitrogens with one attached hydrogen (secondary N) is 1. The number of benzene rings is 2. The molecule has 0 radical (unpaired) electrons. The van der Waals surface area contributed by atoms with Gasteiger partial charge in [-0.1, -0.05) is 36.4 Å². The molecule has 0 saturated heterocycles. The average Bonchev–Trinajstić information content (AvgIpc) is 2.75. The third kappa shape index (κ3) is 5.08. The van der Waals surface area contributed by atoms with Crippen LogP contribution >= 0.6 is 11.8 Å². The van der Waals surface area contributed by atoms with E-state index in [2.05, 4.69) is 4.98 Å². The van der Waals surface area contributed by atoms with Gasteiger partial charge in [-0.25, -0.2) is 4.79 Å². The fraction of sp³-hybridized carbons (Fsp3) is 0.261. The van der Waals surface area contributed by atoms with Crippen LogP contribution in [0.4, 0.5) is 11.5 Å². The number of aromatic nitrogens is 2. The van der Waals surface area contributed by atoms with E-state index in [0.29, 0.717) is 0 Å². The molecule has 0 fully saturated rings. The van der Waals surface area contributed by atoms with Crippen molar-refractivity contribution in [3.8, 4) is 0 Å². The summed E-state index contributed by atoms with van der Waals surface area (Å²) in [5, 5.41) is 0. The minimum atomic E-state index is -0.668. The number of H-pyrrole nitrogens is 1. The lowest BCUT2D eigenvalue weighted by Crippen LogP contribution is -2.41. The van der Waals surface area contributed by atoms with Gasteiger partial charge in [0, 0.05) is 11.4 Å². The summed E-state index contributed by atoms with van der Waals surface area (Å²) < 4.78 is 1.28. The first kappa shape index (κ1) is 22.4. The van der Waals surface area contributed by atoms with E-state index in [4.69, 9.17) is 5.73 Å². The molecule has 1 amide bonds. The monoisotopic (exact) mass is 438 g/mol. The number of aromatic amines is 1. The van der Waals surface area contributed by atoms with Gasteiger partial charge >= 0.3 is 5.69 Å². The molecule has 0 spiro atoms. The second-order valence-electron chi connectivity index (χ2n) is 7.24. The number of rotatable bonds is 7. The van der Waals surface area contributed by atoms with Crippen LogP contribution in [0, 0.1) is 13.8 Å². The molecule has 2 aromatic carbocycles. The Hall–Kier alpha value is -3.26. The molecule has 162 valence electrons. The Labute approximate surface area is 184 Å². The quantitative estimate of drug-likeness (QED) is 0.553. The molecule has 1 aromatic heterocycles. The first-order chi connectivity index (χ1) is 14.8. The zero-order valence-electron chi connectivity index (χ0n) is 17.8. The van der Waals surface area contributed by atoms with Crippen molar-refractivity contribution in [1.82, 2.24) is 9.55 Å². The smallest absolute Gasteiger partial charge is 0.330 e. The van der Waals surface area contributed by atoms with Gasteiger partial charge in [-0.2, -0.15) is 0 Å². The topological polar surface area (TPSA) is 101 Å². The molecule has 0 atom stereocenters. The van der Waals surface area contributed by atoms with Gasteiger partial charge in [0.05, 0.1) is 12.3 Å². The standard InChI is InChI=1S/C23H26N4O3S/c1-4-26(19(28)14-31-18-11-10-15(2)16(3)12-18)20-21(24)27(23(30)25-22(20)29)13-17-8-6-5-7-9-17/h5-12H,4,13-14,24H2,1-3H3,(H,25,29,30). The minimum absolute atomic E-state index is 0.00344. The molecule has 0 bridgehead atoms. The van der Waals surface area contributed by atoms with Crippen LogP contribution in [0.3, 0.4) is 0 Å². The van der Waals surface area contributed by atoms with Crippen LogP contribution in [0.1, 0.15) is 23.6 Å². The SMILES string of the molecule is CCN(C(=O)CSc1ccc(C)c(C)c1)c1c(N)n(Cc2ccccc2)c(=O)[nH]c1=O. The van der Waals surface area contributed by atoms with Crippen molar-refractivity contribution in [2.45, 2.75) is 32.2 Å². The fourth-order valence-electron chi connectivity index (χ4n) is 3.25. The predicted molar refractivity (Wildman–Crippen MR) is 126 cm³/mol. The summed E-state index contributed by atoms with van der Waals surface area (Å²) in [5.74, 6) is -0.135. The maximum Gasteiger partial charge on any atom is 0.330 e. The number of carbonyl (C=O) groups is 1. The molecule has 0 saturated carbocycles. The van der Waals surface area contributed by atoms with E-state index >= 15 is 0 Å². The Morgan fingerprint density at radius 1 is 1.10 bits per heavy atom. The van der Waals surface area contributed by atoms with E-state index in [1.54, 1.807) is 6.92 Å². The van der Waals surface area contributed by atoms with E-state index in [1.807, 2.05) is 62.4 Å². The number of hydrogen-bond acceptors (Lipinski definition) is 5. The lowest BCUT2D eigenvalue weighted by molar-refractivity contribution is -0.116. The van der Waals surface area contributed by atoms with Crippen LogP contribution in [-0.2, 0) is 11.3 Å². The number of nitrogens with zero attached hydrogens (tertiary/aromatic N) is 2. The summed E-state index contributed by atoms with van der Waals surface area (Å²) >= 11 is 1.40. The van der Waals surface area contributed by atoms with Crippen molar-refractivity contribution < 1.29 is 4.79 Å². The molecule has 31 heavy (non-hydrogen) atoms. The highest BCUT2D eigenvalue weighted by Crippen LogP contribution is 2.23. The Balaban J connectivity index is 1.88. The number of anilines is 2. The molecular formula is C23H26N4O3S. The molecule has 1 heterocycles. The fourth-order valence-corrected chi connectivity index (χ4v) is 4.12. The first-order valence-electron chi connectivity index (χ1n) is 9.98. The zero-order valence-corrected chi connectivity index (χ0v) is 18.7. The zero-order chi connectivity index (χ0) is 22.5. The lowest BCUT2D eigenvalue weighted by Gasteiger charge is -2.23. The first-order valence-corrected chi connectivity index (χ1v) is 11.0. The summed E-state index contributed by atoms with van der Waals surface area (Å²) in [5.41, 5.74) is 8.15. The molecule has 3 rings (SSSR count). The molecule has 3 aromatic rings. The van der Waals surface area contributed by atoms with Gasteiger partial charge in [-0.05, 0) is 49.6 Å². The van der Waals surface area contributed by atoms with Crippen LogP contribution in [0.2, 0.25) is 0 Å². The molecule has 0 aliphatic heterocycles. The number of hydrogen-bond donors (Lipinski definition) is 2. The van der Waals surface area contributed by atoms with E-state index in [-0.39, 0.29) is 36.3 Å². The second kappa shape index (κ2) is 9.70. The van der Waals surface area contributed by atoms with E-state index in [9.17, 15) is 14.4 Å². The molecule has 0 aliphatic rings. The highest BCUT2D eigenvalue weighted by molar-refractivity contribution is 8.00. The normalized spacial score (nSPS) is 10.8. The minimum Gasteiger partial charge on any atom is -0.383 e. The molecule has 3 N–H and O–H groups in total. The van der Waals surface area contributed by atoms with Crippen LogP contribution in [0.25, 0.3) is 0 Å². The van der Waals surface area contributed by atoms with Gasteiger partial charge in [0.2, 0.25) is 5.91 Å². The van der Waals surface area contributed by atoms with Crippen LogP contribution in [-0.4, -0.2) is 27.8 Å². The van der Waals surface area contributed by atoms with E-state index in [1.165, 1.54) is 26.8 Å². The largest absolute Gasteiger partial charge is 0.383 e. The maximum absolute atomic E-state index is 13.0. The molecule has 8 heteroatoms. The summed E-state index contributed by atoms with van der Waals surface area (Å²) in [7, 11) is 0. The molecular weight excluding hydrogens is 412 g/mol. The van der Waals surface area contributed by atoms with Crippen LogP contribution in [0.5, 0.6) is 0 Å². The van der Waals surface area contributed by atoms with Gasteiger partial charge in [0.1, 0.15) is 5.82 Å². The Morgan fingerprint density at radius 3 is 2.45 bits per heavy atom. The van der Waals surface area contributed by atoms with Gasteiger partial charge < -0.3 is 10.6 Å². The van der Waals surface area contributed by atoms with Gasteiger partial charge in [-0.15, -0.1) is 11.8 Å². The Kier molecular flexibility index (Phi) is 7.02. The van der Waals surface area contributed by atoms with Crippen LogP contribution in [0.15, 0.2) is 63.0 Å². The number of carbonyl (C=O) groups excluding carboxylic acids is 1. The maximum atomic E-state index is 13.0. The van der Waals surface area contributed by atoms with Crippen molar-refractivity contribution in [2.75, 3.05) is 22.9 Å². The summed E-state index contributed by atoms with van der Waals surface area (Å²) in [4.78, 5) is 42.5. The second-order valence-corrected chi connectivity index (χ2v) is 8.29. The predicted octanol–water partition coefficient (Wildman–Crippen LogP) is 2.93. The third-order valence-electron chi connectivity index (χ3n) is 5.13. The number of aryl methyl sites for hydroxylation is 2. The van der Waals surface area contributed by atoms with Crippen molar-refractivity contribution >= 4 is 29.2 Å². The Bertz CT molecular complexity index is 1200. The number of nitrogen functional groups attached to an aromatic ring is 1. The van der Waals surface area contributed by atoms with Crippen molar-refractivity contribution in [2.24, 2.45) is 0 Å². The highest BCUT2D eigenvalue weighted by Gasteiger charge is 2.23. The van der Waals surface area contributed by atoms with Gasteiger partial charge in [0.15, 0.2) is 5.69 Å². The summed E-state index contributed by atoms with van der Waals surface area (Å²) in [6, 6.07) is 15.3. The molecule has 0 unspecified atom stereocenters. The Morgan fingerprint density at radius 2 is 1.81 bits per heavy atom. The van der Waals surface area contributed by atoms with E-state index in [0.717, 1.165) is 16.0 Å². The summed E-state index contributed by atoms with van der Waals surface area (Å²) in [6.07, 6.45) is 0. The van der Waals surface area contributed by atoms with E-state index < -0.39 is 11.2 Å². The highest BCUT2D eigenvalue weighted by atomic mass is 32.2. The van der Waals surface area contributed by atoms with Gasteiger partial charge in [-0.3, -0.25) is 19.1 Å². The number of nitrogens with two attached hydrogens (primary N) is 1.